The number of benzene rings is 2. The third kappa shape index (κ3) is 4.72. The smallest absolute Gasteiger partial charge is 0.321 e. The van der Waals surface area contributed by atoms with Crippen molar-refractivity contribution >= 4 is 23.4 Å². The van der Waals surface area contributed by atoms with Crippen LogP contribution in [-0.4, -0.2) is 21.7 Å². The summed E-state index contributed by atoms with van der Waals surface area (Å²) >= 11 is 0. The number of carbonyl (C=O) groups excluding carboxylic acids is 2. The number of carbonyl (C=O) groups is 2. The van der Waals surface area contributed by atoms with E-state index in [9.17, 15) is 9.59 Å². The van der Waals surface area contributed by atoms with Gasteiger partial charge in [-0.2, -0.15) is 5.10 Å². The van der Waals surface area contributed by atoms with Crippen molar-refractivity contribution in [3.05, 3.63) is 78.0 Å². The summed E-state index contributed by atoms with van der Waals surface area (Å²) in [7, 11) is 1.74. The predicted molar refractivity (Wildman–Crippen MR) is 104 cm³/mol. The van der Waals surface area contributed by atoms with E-state index in [1.807, 2.05) is 43.3 Å². The van der Waals surface area contributed by atoms with E-state index in [2.05, 4.69) is 21.0 Å². The van der Waals surface area contributed by atoms with Gasteiger partial charge in [0.2, 0.25) is 0 Å². The molecule has 0 spiro atoms. The lowest BCUT2D eigenvalue weighted by Gasteiger charge is -2.19. The molecule has 3 N–H and O–H groups in total. The molecular formula is C20H21N5O2. The fraction of sp³-hybridized carbons (Fsp3) is 0.150. The monoisotopic (exact) mass is 363 g/mol. The molecule has 7 heteroatoms. The van der Waals surface area contributed by atoms with Crippen LogP contribution >= 0.6 is 0 Å². The Bertz CT molecular complexity index is 922. The molecule has 0 bridgehead atoms. The molecule has 3 amide bonds. The highest BCUT2D eigenvalue weighted by Gasteiger charge is 2.23. The van der Waals surface area contributed by atoms with Crippen molar-refractivity contribution in [3.8, 4) is 0 Å². The third-order valence-electron chi connectivity index (χ3n) is 3.96. The van der Waals surface area contributed by atoms with E-state index in [0.29, 0.717) is 17.1 Å². The Labute approximate surface area is 157 Å². The SMILES string of the molecule is Cc1cc(NC(=O)NC(C(=O)Nc2ccccc2)c2ccccc2)n(C)n1. The van der Waals surface area contributed by atoms with Crippen molar-refractivity contribution in [3.63, 3.8) is 0 Å². The van der Waals surface area contributed by atoms with E-state index in [0.717, 1.165) is 5.69 Å². The summed E-state index contributed by atoms with van der Waals surface area (Å²) in [6, 6.07) is 18.6. The topological polar surface area (TPSA) is 88.0 Å². The molecule has 3 aromatic rings. The van der Waals surface area contributed by atoms with Crippen molar-refractivity contribution in [1.29, 1.82) is 0 Å². The molecule has 0 saturated carbocycles. The van der Waals surface area contributed by atoms with Crippen LogP contribution in [0.5, 0.6) is 0 Å². The Morgan fingerprint density at radius 3 is 2.19 bits per heavy atom. The van der Waals surface area contributed by atoms with Crippen molar-refractivity contribution in [2.45, 2.75) is 13.0 Å². The van der Waals surface area contributed by atoms with Crippen LogP contribution in [0.4, 0.5) is 16.3 Å². The number of urea groups is 1. The van der Waals surface area contributed by atoms with Gasteiger partial charge in [-0.05, 0) is 24.6 Å². The molecule has 0 fully saturated rings. The lowest BCUT2D eigenvalue weighted by Crippen LogP contribution is -2.39. The first-order chi connectivity index (χ1) is 13.0. The van der Waals surface area contributed by atoms with Crippen LogP contribution < -0.4 is 16.0 Å². The highest BCUT2D eigenvalue weighted by molar-refractivity contribution is 5.99. The Morgan fingerprint density at radius 2 is 1.59 bits per heavy atom. The molecule has 0 saturated heterocycles. The van der Waals surface area contributed by atoms with Crippen LogP contribution in [0.2, 0.25) is 0 Å². The molecule has 7 nitrogen and oxygen atoms in total. The molecule has 27 heavy (non-hydrogen) atoms. The number of rotatable bonds is 5. The molecular weight excluding hydrogens is 342 g/mol. The fourth-order valence-corrected chi connectivity index (χ4v) is 2.69. The van der Waals surface area contributed by atoms with E-state index in [-0.39, 0.29) is 5.91 Å². The number of aryl methyl sites for hydroxylation is 2. The Balaban J connectivity index is 1.76. The molecule has 0 aliphatic carbocycles. The highest BCUT2D eigenvalue weighted by Crippen LogP contribution is 2.17. The molecule has 138 valence electrons. The Morgan fingerprint density at radius 1 is 0.963 bits per heavy atom. The highest BCUT2D eigenvalue weighted by atomic mass is 16.2. The maximum absolute atomic E-state index is 12.8. The Hall–Kier alpha value is -3.61. The van der Waals surface area contributed by atoms with Gasteiger partial charge in [0.15, 0.2) is 0 Å². The molecule has 2 aromatic carbocycles. The summed E-state index contributed by atoms with van der Waals surface area (Å²) in [5.74, 6) is 0.212. The summed E-state index contributed by atoms with van der Waals surface area (Å²) in [6.07, 6.45) is 0. The number of nitrogens with one attached hydrogen (secondary N) is 3. The number of nitrogens with zero attached hydrogens (tertiary/aromatic N) is 2. The van der Waals surface area contributed by atoms with Gasteiger partial charge in [0, 0.05) is 18.8 Å². The van der Waals surface area contributed by atoms with Gasteiger partial charge >= 0.3 is 6.03 Å². The number of hydrogen-bond acceptors (Lipinski definition) is 3. The van der Waals surface area contributed by atoms with Crippen LogP contribution in [0.3, 0.4) is 0 Å². The van der Waals surface area contributed by atoms with Gasteiger partial charge in [0.25, 0.3) is 5.91 Å². The second-order valence-corrected chi connectivity index (χ2v) is 6.09. The average molecular weight is 363 g/mol. The molecule has 0 radical (unpaired) electrons. The van der Waals surface area contributed by atoms with Gasteiger partial charge < -0.3 is 10.6 Å². The summed E-state index contributed by atoms with van der Waals surface area (Å²) in [5, 5.41) is 12.5. The van der Waals surface area contributed by atoms with E-state index in [1.54, 1.807) is 42.1 Å². The lowest BCUT2D eigenvalue weighted by atomic mass is 10.1. The van der Waals surface area contributed by atoms with Gasteiger partial charge in [-0.3, -0.25) is 14.8 Å². The fourth-order valence-electron chi connectivity index (χ4n) is 2.69. The molecule has 1 atom stereocenters. The number of anilines is 2. The molecule has 1 unspecified atom stereocenters. The maximum atomic E-state index is 12.8. The quantitative estimate of drug-likeness (QED) is 0.650. The number of para-hydroxylation sites is 1. The van der Waals surface area contributed by atoms with Crippen LogP contribution in [-0.2, 0) is 11.8 Å². The van der Waals surface area contributed by atoms with Gasteiger partial charge in [0.05, 0.1) is 5.69 Å². The average Bonchev–Trinajstić information content (AvgIpc) is 2.98. The zero-order valence-electron chi connectivity index (χ0n) is 15.1. The van der Waals surface area contributed by atoms with Crippen LogP contribution in [0.1, 0.15) is 17.3 Å². The second kappa shape index (κ2) is 8.18. The normalized spacial score (nSPS) is 11.5. The molecule has 3 rings (SSSR count). The minimum atomic E-state index is -0.847. The molecule has 1 aromatic heterocycles. The van der Waals surface area contributed by atoms with E-state index in [4.69, 9.17) is 0 Å². The van der Waals surface area contributed by atoms with Crippen molar-refractivity contribution in [2.24, 2.45) is 7.05 Å². The zero-order valence-corrected chi connectivity index (χ0v) is 15.1. The molecule has 0 aliphatic heterocycles. The van der Waals surface area contributed by atoms with Crippen LogP contribution in [0.25, 0.3) is 0 Å². The number of aromatic nitrogens is 2. The van der Waals surface area contributed by atoms with E-state index < -0.39 is 12.1 Å². The Kier molecular flexibility index (Phi) is 5.51. The summed E-state index contributed by atoms with van der Waals surface area (Å²) in [6.45, 7) is 1.84. The number of hydrogen-bond donors (Lipinski definition) is 3. The second-order valence-electron chi connectivity index (χ2n) is 6.09. The van der Waals surface area contributed by atoms with Gasteiger partial charge in [0.1, 0.15) is 11.9 Å². The van der Waals surface area contributed by atoms with Crippen molar-refractivity contribution in [2.75, 3.05) is 10.6 Å². The maximum Gasteiger partial charge on any atom is 0.321 e. The van der Waals surface area contributed by atoms with Crippen molar-refractivity contribution in [1.82, 2.24) is 15.1 Å². The van der Waals surface area contributed by atoms with E-state index in [1.165, 1.54) is 0 Å². The minimum absolute atomic E-state index is 0.330. The lowest BCUT2D eigenvalue weighted by molar-refractivity contribution is -0.118. The standard InChI is InChI=1S/C20H21N5O2/c1-14-13-17(25(2)24-14)22-20(27)23-18(15-9-5-3-6-10-15)19(26)21-16-11-7-4-8-12-16/h3-13,18H,1-2H3,(H,21,26)(H2,22,23,27). The third-order valence-corrected chi connectivity index (χ3v) is 3.96. The van der Waals surface area contributed by atoms with Crippen LogP contribution in [0.15, 0.2) is 66.7 Å². The zero-order chi connectivity index (χ0) is 19.2. The molecule has 1 heterocycles. The number of amides is 3. The largest absolute Gasteiger partial charge is 0.324 e. The van der Waals surface area contributed by atoms with Gasteiger partial charge in [-0.25, -0.2) is 4.79 Å². The minimum Gasteiger partial charge on any atom is -0.324 e. The van der Waals surface area contributed by atoms with Crippen molar-refractivity contribution < 1.29 is 9.59 Å². The summed E-state index contributed by atoms with van der Waals surface area (Å²) in [5.41, 5.74) is 2.13. The predicted octanol–water partition coefficient (Wildman–Crippen LogP) is 3.23. The van der Waals surface area contributed by atoms with Gasteiger partial charge in [-0.15, -0.1) is 0 Å². The van der Waals surface area contributed by atoms with Crippen LogP contribution in [0, 0.1) is 6.92 Å². The summed E-state index contributed by atoms with van der Waals surface area (Å²) in [4.78, 5) is 25.3. The first-order valence-electron chi connectivity index (χ1n) is 8.52. The van der Waals surface area contributed by atoms with Gasteiger partial charge in [-0.1, -0.05) is 48.5 Å². The first-order valence-corrected chi connectivity index (χ1v) is 8.52. The summed E-state index contributed by atoms with van der Waals surface area (Å²) < 4.78 is 1.57. The first kappa shape index (κ1) is 18.2. The van der Waals surface area contributed by atoms with E-state index >= 15 is 0 Å². The molecule has 0 aliphatic rings.